The van der Waals surface area contributed by atoms with Gasteiger partial charge in [0.1, 0.15) is 0 Å². The number of benzene rings is 2. The van der Waals surface area contributed by atoms with Gasteiger partial charge in [-0.2, -0.15) is 4.31 Å². The third-order valence-electron chi connectivity index (χ3n) is 4.86. The Balaban J connectivity index is 2.13. The lowest BCUT2D eigenvalue weighted by Crippen LogP contribution is -2.34. The van der Waals surface area contributed by atoms with Crippen molar-refractivity contribution in [1.29, 1.82) is 0 Å². The van der Waals surface area contributed by atoms with Gasteiger partial charge in [0.05, 0.1) is 22.2 Å². The van der Waals surface area contributed by atoms with E-state index < -0.39 is 10.0 Å². The van der Waals surface area contributed by atoms with Gasteiger partial charge in [0.15, 0.2) is 0 Å². The summed E-state index contributed by atoms with van der Waals surface area (Å²) < 4.78 is 26.9. The summed E-state index contributed by atoms with van der Waals surface area (Å²) in [6.45, 7) is 8.53. The minimum Gasteiger partial charge on any atom is -0.324 e. The van der Waals surface area contributed by atoms with Crippen LogP contribution in [0.5, 0.6) is 0 Å². The minimum absolute atomic E-state index is 0.0156. The summed E-state index contributed by atoms with van der Waals surface area (Å²) in [5.41, 5.74) is 1.38. The number of rotatable bonds is 10. The molecule has 8 heteroatoms. The van der Waals surface area contributed by atoms with Crippen molar-refractivity contribution in [2.45, 2.75) is 38.6 Å². The van der Waals surface area contributed by atoms with Crippen LogP contribution >= 0.6 is 11.6 Å². The number of sulfonamides is 1. The Morgan fingerprint density at radius 3 is 2.27 bits per heavy atom. The summed E-state index contributed by atoms with van der Waals surface area (Å²) in [6, 6.07) is 14.3. The van der Waals surface area contributed by atoms with E-state index >= 15 is 0 Å². The lowest BCUT2D eigenvalue weighted by atomic mass is 9.96. The summed E-state index contributed by atoms with van der Waals surface area (Å²) >= 11 is 6.20. The Morgan fingerprint density at radius 1 is 1.07 bits per heavy atom. The maximum absolute atomic E-state index is 12.7. The Kier molecular flexibility index (Phi) is 8.85. The van der Waals surface area contributed by atoms with E-state index in [0.29, 0.717) is 13.1 Å². The van der Waals surface area contributed by atoms with Gasteiger partial charge in [0.25, 0.3) is 0 Å². The van der Waals surface area contributed by atoms with Crippen LogP contribution in [0.4, 0.5) is 5.69 Å². The van der Waals surface area contributed by atoms with E-state index in [0.717, 1.165) is 5.56 Å². The second kappa shape index (κ2) is 10.9. The Morgan fingerprint density at radius 2 is 1.70 bits per heavy atom. The molecule has 2 aromatic rings. The molecule has 0 saturated carbocycles. The Labute approximate surface area is 184 Å². The third kappa shape index (κ3) is 6.04. The fourth-order valence-corrected chi connectivity index (χ4v) is 4.92. The number of nitrogens with one attached hydrogen (secondary N) is 2. The molecule has 0 heterocycles. The Bertz CT molecular complexity index is 945. The number of hydrogen-bond acceptors (Lipinski definition) is 4. The lowest BCUT2D eigenvalue weighted by Gasteiger charge is -2.23. The van der Waals surface area contributed by atoms with Crippen LogP contribution in [-0.2, 0) is 14.8 Å². The molecule has 0 saturated heterocycles. The SMILES string of the molecule is CCN(CC)S(=O)(=O)c1ccc(Cl)c(NC(=O)CN[C@H](c2ccccc2)C(C)C)c1. The highest BCUT2D eigenvalue weighted by molar-refractivity contribution is 7.89. The van der Waals surface area contributed by atoms with Crippen molar-refractivity contribution < 1.29 is 13.2 Å². The summed E-state index contributed by atoms with van der Waals surface area (Å²) in [4.78, 5) is 12.6. The van der Waals surface area contributed by atoms with Crippen LogP contribution in [0.2, 0.25) is 5.02 Å². The molecule has 0 radical (unpaired) electrons. The normalized spacial score (nSPS) is 12.9. The van der Waals surface area contributed by atoms with Crippen molar-refractivity contribution >= 4 is 33.2 Å². The zero-order valence-corrected chi connectivity index (χ0v) is 19.4. The maximum atomic E-state index is 12.7. The number of nitrogens with zero attached hydrogens (tertiary/aromatic N) is 1. The average molecular weight is 452 g/mol. The molecule has 2 N–H and O–H groups in total. The number of amides is 1. The first-order valence-electron chi connectivity index (χ1n) is 10.1. The van der Waals surface area contributed by atoms with Crippen LogP contribution in [0, 0.1) is 5.92 Å². The quantitative estimate of drug-likeness (QED) is 0.564. The molecule has 6 nitrogen and oxygen atoms in total. The molecule has 1 atom stereocenters. The Hall–Kier alpha value is -1.93. The summed E-state index contributed by atoms with van der Waals surface area (Å²) in [5.74, 6) is -0.0119. The van der Waals surface area contributed by atoms with Gasteiger partial charge >= 0.3 is 0 Å². The van der Waals surface area contributed by atoms with E-state index in [1.807, 2.05) is 30.3 Å². The average Bonchev–Trinajstić information content (AvgIpc) is 2.71. The molecule has 30 heavy (non-hydrogen) atoms. The first-order valence-corrected chi connectivity index (χ1v) is 11.9. The molecule has 2 aromatic carbocycles. The summed E-state index contributed by atoms with van der Waals surface area (Å²) in [5, 5.41) is 6.28. The van der Waals surface area contributed by atoms with Crippen molar-refractivity contribution in [3.63, 3.8) is 0 Å². The molecule has 0 fully saturated rings. The molecule has 0 aliphatic heterocycles. The fraction of sp³-hybridized carbons (Fsp3) is 0.409. The van der Waals surface area contributed by atoms with E-state index in [9.17, 15) is 13.2 Å². The molecular formula is C22H30ClN3O3S. The molecular weight excluding hydrogens is 422 g/mol. The standard InChI is InChI=1S/C22H30ClN3O3S/c1-5-26(6-2)30(28,29)18-12-13-19(23)20(14-18)25-21(27)15-24-22(16(3)4)17-10-8-7-9-11-17/h7-14,16,22,24H,5-6,15H2,1-4H3,(H,25,27)/t22-/m0/s1. The van der Waals surface area contributed by atoms with E-state index in [1.165, 1.54) is 22.5 Å². The number of carbonyl (C=O) groups excluding carboxylic acids is 1. The van der Waals surface area contributed by atoms with E-state index in [1.54, 1.807) is 13.8 Å². The monoisotopic (exact) mass is 451 g/mol. The highest BCUT2D eigenvalue weighted by atomic mass is 35.5. The van der Waals surface area contributed by atoms with Crippen LogP contribution in [-0.4, -0.2) is 38.3 Å². The number of anilines is 1. The zero-order chi connectivity index (χ0) is 22.3. The largest absolute Gasteiger partial charge is 0.324 e. The van der Waals surface area contributed by atoms with Gasteiger partial charge < -0.3 is 10.6 Å². The first-order chi connectivity index (χ1) is 14.2. The van der Waals surface area contributed by atoms with Crippen molar-refractivity contribution in [3.8, 4) is 0 Å². The van der Waals surface area contributed by atoms with Gasteiger partial charge in [-0.05, 0) is 29.7 Å². The van der Waals surface area contributed by atoms with Crippen LogP contribution < -0.4 is 10.6 Å². The summed E-state index contributed by atoms with van der Waals surface area (Å²) in [6.07, 6.45) is 0. The van der Waals surface area contributed by atoms with E-state index in [4.69, 9.17) is 11.6 Å². The first kappa shape index (κ1) is 24.3. The van der Waals surface area contributed by atoms with Crippen LogP contribution in [0.3, 0.4) is 0 Å². The van der Waals surface area contributed by atoms with Gasteiger partial charge in [0.2, 0.25) is 15.9 Å². The van der Waals surface area contributed by atoms with Crippen molar-refractivity contribution in [1.82, 2.24) is 9.62 Å². The molecule has 0 spiro atoms. The smallest absolute Gasteiger partial charge is 0.243 e. The highest BCUT2D eigenvalue weighted by Crippen LogP contribution is 2.27. The van der Waals surface area contributed by atoms with Crippen LogP contribution in [0.25, 0.3) is 0 Å². The molecule has 2 rings (SSSR count). The number of hydrogen-bond donors (Lipinski definition) is 2. The molecule has 0 unspecified atom stereocenters. The van der Waals surface area contributed by atoms with Gasteiger partial charge in [0, 0.05) is 19.1 Å². The van der Waals surface area contributed by atoms with Crippen molar-refractivity contribution in [2.75, 3.05) is 25.0 Å². The van der Waals surface area contributed by atoms with E-state index in [-0.39, 0.29) is 40.0 Å². The fourth-order valence-electron chi connectivity index (χ4n) is 3.27. The van der Waals surface area contributed by atoms with Gasteiger partial charge in [-0.1, -0.05) is 69.6 Å². The second-order valence-electron chi connectivity index (χ2n) is 7.29. The highest BCUT2D eigenvalue weighted by Gasteiger charge is 2.23. The molecule has 164 valence electrons. The van der Waals surface area contributed by atoms with Gasteiger partial charge in [-0.25, -0.2) is 8.42 Å². The van der Waals surface area contributed by atoms with Crippen LogP contribution in [0.15, 0.2) is 53.4 Å². The number of halogens is 1. The molecule has 0 bridgehead atoms. The summed E-state index contributed by atoms with van der Waals surface area (Å²) in [7, 11) is -3.64. The van der Waals surface area contributed by atoms with Gasteiger partial charge in [-0.3, -0.25) is 4.79 Å². The second-order valence-corrected chi connectivity index (χ2v) is 9.64. The van der Waals surface area contributed by atoms with E-state index in [2.05, 4.69) is 24.5 Å². The van der Waals surface area contributed by atoms with Crippen LogP contribution in [0.1, 0.15) is 39.3 Å². The lowest BCUT2D eigenvalue weighted by molar-refractivity contribution is -0.115. The molecule has 0 aliphatic rings. The predicted octanol–water partition coefficient (Wildman–Crippen LogP) is 4.30. The molecule has 1 amide bonds. The topological polar surface area (TPSA) is 78.5 Å². The molecule has 0 aliphatic carbocycles. The zero-order valence-electron chi connectivity index (χ0n) is 17.9. The van der Waals surface area contributed by atoms with Gasteiger partial charge in [-0.15, -0.1) is 0 Å². The minimum atomic E-state index is -3.64. The maximum Gasteiger partial charge on any atom is 0.243 e. The molecule has 0 aromatic heterocycles. The third-order valence-corrected chi connectivity index (χ3v) is 7.24. The van der Waals surface area contributed by atoms with Crippen molar-refractivity contribution in [3.05, 3.63) is 59.1 Å². The predicted molar refractivity (Wildman–Crippen MR) is 122 cm³/mol. The van der Waals surface area contributed by atoms with Crippen molar-refractivity contribution in [2.24, 2.45) is 5.92 Å². The number of carbonyl (C=O) groups is 1.